The van der Waals surface area contributed by atoms with Gasteiger partial charge >= 0.3 is 0 Å². The third kappa shape index (κ3) is 5.71. The summed E-state index contributed by atoms with van der Waals surface area (Å²) in [5.74, 6) is 0.00936. The summed E-state index contributed by atoms with van der Waals surface area (Å²) in [5, 5.41) is 2.77. The second kappa shape index (κ2) is 8.62. The zero-order valence-electron chi connectivity index (χ0n) is 13.0. The molecule has 1 aromatic carbocycles. The topological polar surface area (TPSA) is 64.3 Å². The third-order valence-corrected chi connectivity index (χ3v) is 3.25. The Hall–Kier alpha value is -1.62. The van der Waals surface area contributed by atoms with E-state index in [0.29, 0.717) is 24.3 Å². The number of hydrogen-bond acceptors (Lipinski definition) is 3. The maximum absolute atomic E-state index is 13.4. The van der Waals surface area contributed by atoms with Gasteiger partial charge < -0.3 is 15.8 Å². The van der Waals surface area contributed by atoms with E-state index in [-0.39, 0.29) is 17.8 Å². The van der Waals surface area contributed by atoms with Crippen LogP contribution in [0.3, 0.4) is 0 Å². The highest BCUT2D eigenvalue weighted by molar-refractivity contribution is 5.80. The molecule has 0 aliphatic rings. The number of hydrogen-bond donors (Lipinski definition) is 2. The number of halogens is 1. The Morgan fingerprint density at radius 1 is 1.43 bits per heavy atom. The van der Waals surface area contributed by atoms with E-state index in [2.05, 4.69) is 5.32 Å². The Balaban J connectivity index is 2.79. The molecule has 0 radical (unpaired) electrons. The molecule has 118 valence electrons. The van der Waals surface area contributed by atoms with Crippen molar-refractivity contribution in [3.63, 3.8) is 0 Å². The van der Waals surface area contributed by atoms with Gasteiger partial charge in [-0.2, -0.15) is 0 Å². The lowest BCUT2D eigenvalue weighted by Gasteiger charge is -2.18. The lowest BCUT2D eigenvalue weighted by Crippen LogP contribution is -2.37. The minimum atomic E-state index is -0.626. The zero-order chi connectivity index (χ0) is 15.8. The number of amides is 1. The molecule has 4 nitrogen and oxygen atoms in total. The van der Waals surface area contributed by atoms with E-state index < -0.39 is 6.10 Å². The molecule has 3 N–H and O–H groups in total. The molecule has 0 bridgehead atoms. The van der Waals surface area contributed by atoms with Crippen LogP contribution in [0.1, 0.15) is 39.2 Å². The lowest BCUT2D eigenvalue weighted by molar-refractivity contribution is -0.127. The fourth-order valence-corrected chi connectivity index (χ4v) is 1.89. The molecule has 1 rings (SSSR count). The molecule has 0 aromatic heterocycles. The van der Waals surface area contributed by atoms with Crippen molar-refractivity contribution in [3.8, 4) is 5.75 Å². The van der Waals surface area contributed by atoms with Crippen molar-refractivity contribution in [2.45, 2.75) is 52.2 Å². The highest BCUT2D eigenvalue weighted by Crippen LogP contribution is 2.23. The molecule has 0 spiro atoms. The molecule has 0 fully saturated rings. The van der Waals surface area contributed by atoms with Crippen LogP contribution in [0.25, 0.3) is 0 Å². The fourth-order valence-electron chi connectivity index (χ4n) is 1.89. The fraction of sp³-hybridized carbons (Fsp3) is 0.562. The van der Waals surface area contributed by atoms with E-state index >= 15 is 0 Å². The van der Waals surface area contributed by atoms with Crippen LogP contribution in [-0.2, 0) is 11.2 Å². The van der Waals surface area contributed by atoms with E-state index in [0.717, 1.165) is 12.8 Å². The largest absolute Gasteiger partial charge is 0.481 e. The monoisotopic (exact) mass is 296 g/mol. The summed E-state index contributed by atoms with van der Waals surface area (Å²) in [7, 11) is 0. The summed E-state index contributed by atoms with van der Waals surface area (Å²) < 4.78 is 19.1. The van der Waals surface area contributed by atoms with Crippen LogP contribution in [0, 0.1) is 5.82 Å². The average Bonchev–Trinajstić information content (AvgIpc) is 2.47. The number of carbonyl (C=O) groups excluding carboxylic acids is 1. The molecular weight excluding hydrogens is 271 g/mol. The van der Waals surface area contributed by atoms with Crippen molar-refractivity contribution in [2.24, 2.45) is 5.73 Å². The third-order valence-electron chi connectivity index (χ3n) is 3.25. The Labute approximate surface area is 125 Å². The van der Waals surface area contributed by atoms with Crippen molar-refractivity contribution in [1.29, 1.82) is 0 Å². The standard InChI is InChI=1S/C16H25FN2O2/c1-4-8-19-16(20)11(3)21-15-7-6-13(17)9-12(15)10-14(18)5-2/h6-7,9,11,14H,4-5,8,10,18H2,1-3H3,(H,19,20). The first-order valence-corrected chi connectivity index (χ1v) is 7.46. The normalized spacial score (nSPS) is 13.6. The van der Waals surface area contributed by atoms with Gasteiger partial charge in [-0.15, -0.1) is 0 Å². The first-order chi connectivity index (χ1) is 9.97. The number of ether oxygens (including phenoxy) is 1. The van der Waals surface area contributed by atoms with Crippen LogP contribution in [0.2, 0.25) is 0 Å². The second-order valence-corrected chi connectivity index (χ2v) is 5.18. The SMILES string of the molecule is CCCNC(=O)C(C)Oc1ccc(F)cc1CC(N)CC. The van der Waals surface area contributed by atoms with E-state index in [1.807, 2.05) is 13.8 Å². The maximum atomic E-state index is 13.4. The minimum absolute atomic E-state index is 0.0571. The van der Waals surface area contributed by atoms with Crippen LogP contribution in [0.4, 0.5) is 4.39 Å². The Morgan fingerprint density at radius 3 is 2.76 bits per heavy atom. The van der Waals surface area contributed by atoms with Crippen molar-refractivity contribution in [1.82, 2.24) is 5.32 Å². The van der Waals surface area contributed by atoms with Crippen LogP contribution in [-0.4, -0.2) is 24.6 Å². The maximum Gasteiger partial charge on any atom is 0.260 e. The van der Waals surface area contributed by atoms with Gasteiger partial charge in [-0.25, -0.2) is 4.39 Å². The molecule has 1 aromatic rings. The summed E-state index contributed by atoms with van der Waals surface area (Å²) in [6.07, 6.45) is 1.56. The molecule has 0 aliphatic heterocycles. The molecule has 0 heterocycles. The Kier molecular flexibility index (Phi) is 7.15. The van der Waals surface area contributed by atoms with Gasteiger partial charge in [0.2, 0.25) is 0 Å². The van der Waals surface area contributed by atoms with Gasteiger partial charge in [-0.1, -0.05) is 13.8 Å². The van der Waals surface area contributed by atoms with Gasteiger partial charge in [0, 0.05) is 12.6 Å². The number of carbonyl (C=O) groups is 1. The van der Waals surface area contributed by atoms with Crippen LogP contribution < -0.4 is 15.8 Å². The molecule has 2 unspecified atom stereocenters. The molecular formula is C16H25FN2O2. The zero-order valence-corrected chi connectivity index (χ0v) is 13.0. The first kappa shape index (κ1) is 17.4. The number of nitrogens with two attached hydrogens (primary N) is 1. The van der Waals surface area contributed by atoms with Gasteiger partial charge in [-0.05, 0) is 49.9 Å². The second-order valence-electron chi connectivity index (χ2n) is 5.18. The number of rotatable bonds is 8. The minimum Gasteiger partial charge on any atom is -0.481 e. The van der Waals surface area contributed by atoms with Gasteiger partial charge in [0.25, 0.3) is 5.91 Å². The van der Waals surface area contributed by atoms with Crippen molar-refractivity contribution in [3.05, 3.63) is 29.6 Å². The van der Waals surface area contributed by atoms with E-state index in [4.69, 9.17) is 10.5 Å². The Bertz CT molecular complexity index is 466. The summed E-state index contributed by atoms with van der Waals surface area (Å²) >= 11 is 0. The summed E-state index contributed by atoms with van der Waals surface area (Å²) in [6, 6.07) is 4.24. The summed E-state index contributed by atoms with van der Waals surface area (Å²) in [4.78, 5) is 11.8. The van der Waals surface area contributed by atoms with Crippen LogP contribution in [0.15, 0.2) is 18.2 Å². The molecule has 1 amide bonds. The predicted octanol–water partition coefficient (Wildman–Crippen LogP) is 2.40. The molecule has 0 saturated heterocycles. The highest BCUT2D eigenvalue weighted by Gasteiger charge is 2.17. The summed E-state index contributed by atoms with van der Waals surface area (Å²) in [6.45, 7) is 6.25. The average molecular weight is 296 g/mol. The van der Waals surface area contributed by atoms with Crippen molar-refractivity contribution in [2.75, 3.05) is 6.54 Å². The van der Waals surface area contributed by atoms with Gasteiger partial charge in [0.15, 0.2) is 6.10 Å². The van der Waals surface area contributed by atoms with Crippen molar-refractivity contribution < 1.29 is 13.9 Å². The molecule has 2 atom stereocenters. The van der Waals surface area contributed by atoms with Crippen LogP contribution >= 0.6 is 0 Å². The van der Waals surface area contributed by atoms with Gasteiger partial charge in [0.1, 0.15) is 11.6 Å². The van der Waals surface area contributed by atoms with Gasteiger partial charge in [-0.3, -0.25) is 4.79 Å². The summed E-state index contributed by atoms with van der Waals surface area (Å²) in [5.41, 5.74) is 6.62. The lowest BCUT2D eigenvalue weighted by atomic mass is 10.0. The van der Waals surface area contributed by atoms with E-state index in [1.54, 1.807) is 13.0 Å². The highest BCUT2D eigenvalue weighted by atomic mass is 19.1. The van der Waals surface area contributed by atoms with Gasteiger partial charge in [0.05, 0.1) is 0 Å². The quantitative estimate of drug-likeness (QED) is 0.774. The van der Waals surface area contributed by atoms with E-state index in [1.165, 1.54) is 12.1 Å². The molecule has 5 heteroatoms. The first-order valence-electron chi connectivity index (χ1n) is 7.46. The molecule has 21 heavy (non-hydrogen) atoms. The number of benzene rings is 1. The van der Waals surface area contributed by atoms with E-state index in [9.17, 15) is 9.18 Å². The predicted molar refractivity (Wildman–Crippen MR) is 81.8 cm³/mol. The smallest absolute Gasteiger partial charge is 0.260 e. The van der Waals surface area contributed by atoms with Crippen molar-refractivity contribution >= 4 is 5.91 Å². The number of nitrogens with one attached hydrogen (secondary N) is 1. The van der Waals surface area contributed by atoms with Crippen LogP contribution in [0.5, 0.6) is 5.75 Å². The molecule has 0 aliphatic carbocycles. The Morgan fingerprint density at radius 2 is 2.14 bits per heavy atom. The molecule has 0 saturated carbocycles.